The average Bonchev–Trinajstić information content (AvgIpc) is 2.28. The van der Waals surface area contributed by atoms with E-state index in [-0.39, 0.29) is 11.6 Å². The van der Waals surface area contributed by atoms with Crippen molar-refractivity contribution in [1.82, 2.24) is 4.90 Å². The van der Waals surface area contributed by atoms with Crippen LogP contribution in [0.15, 0.2) is 22.7 Å². The zero-order valence-electron chi connectivity index (χ0n) is 11.8. The molecule has 1 rings (SSSR count). The van der Waals surface area contributed by atoms with E-state index in [1.165, 1.54) is 5.56 Å². The maximum absolute atomic E-state index is 6.32. The van der Waals surface area contributed by atoms with Crippen molar-refractivity contribution < 1.29 is 4.74 Å². The van der Waals surface area contributed by atoms with Crippen LogP contribution in [0, 0.1) is 0 Å². The van der Waals surface area contributed by atoms with Gasteiger partial charge in [0.2, 0.25) is 0 Å². The van der Waals surface area contributed by atoms with Crippen LogP contribution in [-0.2, 0) is 6.42 Å². The lowest BCUT2D eigenvalue weighted by atomic mass is 9.89. The van der Waals surface area contributed by atoms with Gasteiger partial charge in [-0.1, -0.05) is 6.07 Å². The molecule has 4 heteroatoms. The molecule has 0 aliphatic carbocycles. The van der Waals surface area contributed by atoms with Crippen LogP contribution < -0.4 is 10.5 Å². The van der Waals surface area contributed by atoms with E-state index in [2.05, 4.69) is 60.9 Å². The zero-order chi connectivity index (χ0) is 13.9. The number of hydrogen-bond acceptors (Lipinski definition) is 3. The fourth-order valence-electron chi connectivity index (χ4n) is 1.67. The molecule has 1 aromatic rings. The number of nitrogens with zero attached hydrogens (tertiary/aromatic N) is 1. The summed E-state index contributed by atoms with van der Waals surface area (Å²) in [5.74, 6) is 0.846. The molecule has 1 unspecified atom stereocenters. The molecule has 0 aromatic heterocycles. The molecule has 0 radical (unpaired) electrons. The van der Waals surface area contributed by atoms with Gasteiger partial charge in [-0.3, -0.25) is 0 Å². The lowest BCUT2D eigenvalue weighted by molar-refractivity contribution is 0.158. The number of likely N-dealkylation sites (N-methyl/N-ethyl adjacent to an activating group) is 1. The monoisotopic (exact) mass is 314 g/mol. The van der Waals surface area contributed by atoms with Crippen LogP contribution in [0.25, 0.3) is 0 Å². The minimum Gasteiger partial charge on any atom is -0.496 e. The number of nitrogens with two attached hydrogens (primary N) is 1. The predicted molar refractivity (Wildman–Crippen MR) is 80.1 cm³/mol. The predicted octanol–water partition coefficient (Wildman–Crippen LogP) is 2.67. The first kappa shape index (κ1) is 15.5. The number of hydrogen-bond donors (Lipinski definition) is 1. The van der Waals surface area contributed by atoms with Gasteiger partial charge in [-0.25, -0.2) is 0 Å². The lowest BCUT2D eigenvalue weighted by Crippen LogP contribution is -2.54. The molecule has 0 amide bonds. The largest absolute Gasteiger partial charge is 0.496 e. The molecule has 18 heavy (non-hydrogen) atoms. The molecule has 0 aliphatic heterocycles. The fourth-order valence-corrected chi connectivity index (χ4v) is 2.26. The van der Waals surface area contributed by atoms with Gasteiger partial charge in [0.05, 0.1) is 11.6 Å². The summed E-state index contributed by atoms with van der Waals surface area (Å²) in [7, 11) is 5.79. The molecule has 1 atom stereocenters. The van der Waals surface area contributed by atoms with Gasteiger partial charge in [0.15, 0.2) is 0 Å². The Labute approximate surface area is 118 Å². The van der Waals surface area contributed by atoms with Crippen molar-refractivity contribution in [2.75, 3.05) is 21.2 Å². The third-order valence-electron chi connectivity index (χ3n) is 3.73. The van der Waals surface area contributed by atoms with Crippen molar-refractivity contribution in [3.8, 4) is 5.75 Å². The van der Waals surface area contributed by atoms with Gasteiger partial charge < -0.3 is 15.4 Å². The number of halogens is 1. The van der Waals surface area contributed by atoms with E-state index in [0.717, 1.165) is 16.6 Å². The van der Waals surface area contributed by atoms with Gasteiger partial charge in [-0.2, -0.15) is 0 Å². The van der Waals surface area contributed by atoms with Crippen LogP contribution in [0.2, 0.25) is 0 Å². The van der Waals surface area contributed by atoms with Gasteiger partial charge in [0.25, 0.3) is 0 Å². The highest BCUT2D eigenvalue weighted by Crippen LogP contribution is 2.27. The summed E-state index contributed by atoms with van der Waals surface area (Å²) in [6.07, 6.45) is 0.841. The summed E-state index contributed by atoms with van der Waals surface area (Å²) in [6, 6.07) is 6.18. The second-order valence-corrected chi connectivity index (χ2v) is 6.18. The SMILES string of the molecule is COc1ccc(CC(N)C(C)(C)N(C)C)cc1Br. The normalized spacial score (nSPS) is 13.8. The second-order valence-electron chi connectivity index (χ2n) is 5.33. The molecular formula is C14H23BrN2O. The van der Waals surface area contributed by atoms with Crippen molar-refractivity contribution in [1.29, 1.82) is 0 Å². The molecule has 0 fully saturated rings. The van der Waals surface area contributed by atoms with E-state index in [4.69, 9.17) is 10.5 Å². The Bertz CT molecular complexity index is 405. The summed E-state index contributed by atoms with van der Waals surface area (Å²) in [4.78, 5) is 2.16. The molecule has 0 spiro atoms. The Morgan fingerprint density at radius 3 is 2.44 bits per heavy atom. The van der Waals surface area contributed by atoms with E-state index in [1.807, 2.05) is 6.07 Å². The molecule has 2 N–H and O–H groups in total. The fraction of sp³-hybridized carbons (Fsp3) is 0.571. The average molecular weight is 315 g/mol. The third kappa shape index (κ3) is 3.46. The first-order chi connectivity index (χ1) is 8.28. The van der Waals surface area contributed by atoms with E-state index in [0.29, 0.717) is 0 Å². The van der Waals surface area contributed by atoms with Gasteiger partial charge in [0.1, 0.15) is 5.75 Å². The van der Waals surface area contributed by atoms with E-state index < -0.39 is 0 Å². The van der Waals surface area contributed by atoms with Crippen molar-refractivity contribution >= 4 is 15.9 Å². The van der Waals surface area contributed by atoms with E-state index in [1.54, 1.807) is 7.11 Å². The molecule has 3 nitrogen and oxygen atoms in total. The topological polar surface area (TPSA) is 38.5 Å². The molecule has 0 saturated carbocycles. The molecular weight excluding hydrogens is 292 g/mol. The van der Waals surface area contributed by atoms with Crippen LogP contribution in [-0.4, -0.2) is 37.7 Å². The Morgan fingerprint density at radius 2 is 2.00 bits per heavy atom. The number of rotatable bonds is 5. The summed E-state index contributed by atoms with van der Waals surface area (Å²) in [6.45, 7) is 4.33. The zero-order valence-corrected chi connectivity index (χ0v) is 13.4. The maximum Gasteiger partial charge on any atom is 0.133 e. The smallest absolute Gasteiger partial charge is 0.133 e. The maximum atomic E-state index is 6.32. The highest BCUT2D eigenvalue weighted by atomic mass is 79.9. The second kappa shape index (κ2) is 6.04. The number of ether oxygens (including phenoxy) is 1. The van der Waals surface area contributed by atoms with Crippen LogP contribution in [0.5, 0.6) is 5.75 Å². The van der Waals surface area contributed by atoms with E-state index >= 15 is 0 Å². The van der Waals surface area contributed by atoms with Crippen molar-refractivity contribution in [2.45, 2.75) is 31.8 Å². The van der Waals surface area contributed by atoms with Gasteiger partial charge >= 0.3 is 0 Å². The Morgan fingerprint density at radius 1 is 1.39 bits per heavy atom. The highest BCUT2D eigenvalue weighted by Gasteiger charge is 2.28. The Kier molecular flexibility index (Phi) is 5.20. The minimum atomic E-state index is -0.0353. The molecule has 0 heterocycles. The van der Waals surface area contributed by atoms with E-state index in [9.17, 15) is 0 Å². The molecule has 0 aliphatic rings. The standard InChI is InChI=1S/C14H23BrN2O/c1-14(2,17(3)4)13(16)9-10-6-7-12(18-5)11(15)8-10/h6-8,13H,9,16H2,1-5H3. The molecule has 102 valence electrons. The molecule has 0 saturated heterocycles. The quantitative estimate of drug-likeness (QED) is 0.908. The summed E-state index contributed by atoms with van der Waals surface area (Å²) < 4.78 is 6.19. The first-order valence-corrected chi connectivity index (χ1v) is 6.83. The highest BCUT2D eigenvalue weighted by molar-refractivity contribution is 9.10. The van der Waals surface area contributed by atoms with Gasteiger partial charge in [-0.15, -0.1) is 0 Å². The van der Waals surface area contributed by atoms with Crippen LogP contribution in [0.4, 0.5) is 0 Å². The minimum absolute atomic E-state index is 0.0353. The van der Waals surface area contributed by atoms with Crippen molar-refractivity contribution in [2.24, 2.45) is 5.73 Å². The van der Waals surface area contributed by atoms with Crippen LogP contribution in [0.3, 0.4) is 0 Å². The van der Waals surface area contributed by atoms with Crippen LogP contribution >= 0.6 is 15.9 Å². The van der Waals surface area contributed by atoms with Gasteiger partial charge in [-0.05, 0) is 68.0 Å². The van der Waals surface area contributed by atoms with Gasteiger partial charge in [0, 0.05) is 11.6 Å². The summed E-state index contributed by atoms with van der Waals surface area (Å²) in [5, 5.41) is 0. The lowest BCUT2D eigenvalue weighted by Gasteiger charge is -2.38. The third-order valence-corrected chi connectivity index (χ3v) is 4.35. The van der Waals surface area contributed by atoms with Crippen LogP contribution in [0.1, 0.15) is 19.4 Å². The molecule has 0 bridgehead atoms. The van der Waals surface area contributed by atoms with Crippen molar-refractivity contribution in [3.63, 3.8) is 0 Å². The number of benzene rings is 1. The Hall–Kier alpha value is -0.580. The Balaban J connectivity index is 2.82. The van der Waals surface area contributed by atoms with Crippen molar-refractivity contribution in [3.05, 3.63) is 28.2 Å². The number of methoxy groups -OCH3 is 1. The first-order valence-electron chi connectivity index (χ1n) is 6.04. The molecule has 1 aromatic carbocycles. The summed E-state index contributed by atoms with van der Waals surface area (Å²) in [5.41, 5.74) is 7.49. The summed E-state index contributed by atoms with van der Waals surface area (Å²) >= 11 is 3.50.